The summed E-state index contributed by atoms with van der Waals surface area (Å²) in [5.41, 5.74) is 0.244. The molecule has 2 aliphatic rings. The van der Waals surface area contributed by atoms with E-state index in [1.54, 1.807) is 0 Å². The maximum Gasteiger partial charge on any atom is 0.586 e. The van der Waals surface area contributed by atoms with Gasteiger partial charge in [-0.2, -0.15) is 0 Å². The second-order valence-electron chi connectivity index (χ2n) is 6.25. The van der Waals surface area contributed by atoms with Gasteiger partial charge in [0.25, 0.3) is 5.91 Å². The number of hydrogen-bond acceptors (Lipinski definition) is 5. The molecular weight excluding hydrogens is 336 g/mol. The van der Waals surface area contributed by atoms with E-state index < -0.39 is 24.8 Å². The van der Waals surface area contributed by atoms with Gasteiger partial charge in [-0.05, 0) is 30.9 Å². The number of nitrogens with one attached hydrogen (secondary N) is 1. The molecule has 1 aromatic rings. The van der Waals surface area contributed by atoms with E-state index in [9.17, 15) is 18.4 Å². The third kappa shape index (κ3) is 4.80. The smallest absolute Gasteiger partial charge is 0.456 e. The molecule has 1 saturated carbocycles. The predicted octanol–water partition coefficient (Wildman–Crippen LogP) is 3.46. The van der Waals surface area contributed by atoms with Crippen LogP contribution in [0.25, 0.3) is 0 Å². The van der Waals surface area contributed by atoms with Crippen molar-refractivity contribution in [2.24, 2.45) is 5.92 Å². The number of rotatable bonds is 5. The van der Waals surface area contributed by atoms with Crippen LogP contribution < -0.4 is 14.8 Å². The maximum atomic E-state index is 12.9. The van der Waals surface area contributed by atoms with Gasteiger partial charge in [0.15, 0.2) is 18.1 Å². The summed E-state index contributed by atoms with van der Waals surface area (Å²) in [7, 11) is 0. The minimum atomic E-state index is -3.71. The van der Waals surface area contributed by atoms with Gasteiger partial charge in [0.05, 0.1) is 0 Å². The maximum absolute atomic E-state index is 12.9. The molecule has 0 bridgehead atoms. The Morgan fingerprint density at radius 1 is 1.16 bits per heavy atom. The highest BCUT2D eigenvalue weighted by Crippen LogP contribution is 2.42. The molecule has 25 heavy (non-hydrogen) atoms. The Hall–Kier alpha value is -2.38. The van der Waals surface area contributed by atoms with E-state index in [4.69, 9.17) is 4.74 Å². The van der Waals surface area contributed by atoms with Crippen LogP contribution in [0.2, 0.25) is 0 Å². The van der Waals surface area contributed by atoms with E-state index >= 15 is 0 Å². The van der Waals surface area contributed by atoms with Crippen molar-refractivity contribution in [3.8, 4) is 11.5 Å². The fourth-order valence-corrected chi connectivity index (χ4v) is 3.06. The molecule has 6 nitrogen and oxygen atoms in total. The zero-order valence-electron chi connectivity index (χ0n) is 13.6. The zero-order valence-corrected chi connectivity index (χ0v) is 13.6. The van der Waals surface area contributed by atoms with Crippen LogP contribution >= 0.6 is 0 Å². The van der Waals surface area contributed by atoms with Crippen molar-refractivity contribution >= 4 is 17.6 Å². The lowest BCUT2D eigenvalue weighted by Gasteiger charge is -2.20. The van der Waals surface area contributed by atoms with Crippen molar-refractivity contribution in [2.75, 3.05) is 11.9 Å². The fourth-order valence-electron chi connectivity index (χ4n) is 3.06. The van der Waals surface area contributed by atoms with Crippen LogP contribution in [0, 0.1) is 5.92 Å². The first-order valence-corrected chi connectivity index (χ1v) is 8.27. The van der Waals surface area contributed by atoms with Crippen LogP contribution in [-0.4, -0.2) is 24.8 Å². The Morgan fingerprint density at radius 3 is 2.64 bits per heavy atom. The molecule has 0 unspecified atom stereocenters. The number of esters is 1. The Morgan fingerprint density at radius 2 is 1.88 bits per heavy atom. The molecule has 0 radical (unpaired) electrons. The summed E-state index contributed by atoms with van der Waals surface area (Å²) >= 11 is 0. The van der Waals surface area contributed by atoms with Crippen molar-refractivity contribution in [2.45, 2.75) is 44.8 Å². The van der Waals surface area contributed by atoms with E-state index in [0.29, 0.717) is 12.3 Å². The number of fused-ring (bicyclic) bond motifs is 1. The Bertz CT molecular complexity index is 658. The van der Waals surface area contributed by atoms with Crippen molar-refractivity contribution < 1.29 is 32.6 Å². The number of alkyl halides is 2. The van der Waals surface area contributed by atoms with Gasteiger partial charge in [-0.25, -0.2) is 0 Å². The Balaban J connectivity index is 1.44. The van der Waals surface area contributed by atoms with Gasteiger partial charge >= 0.3 is 12.3 Å². The van der Waals surface area contributed by atoms with Crippen molar-refractivity contribution in [3.63, 3.8) is 0 Å². The fraction of sp³-hybridized carbons (Fsp3) is 0.529. The molecular formula is C17H19F2NO5. The second kappa shape index (κ2) is 7.25. The van der Waals surface area contributed by atoms with Crippen LogP contribution in [0.1, 0.15) is 38.5 Å². The van der Waals surface area contributed by atoms with Gasteiger partial charge in [-0.15, -0.1) is 8.78 Å². The summed E-state index contributed by atoms with van der Waals surface area (Å²) in [6.45, 7) is -0.420. The highest BCUT2D eigenvalue weighted by Gasteiger charge is 2.43. The molecule has 0 saturated heterocycles. The third-order valence-electron chi connectivity index (χ3n) is 4.23. The number of benzene rings is 1. The summed E-state index contributed by atoms with van der Waals surface area (Å²) in [5.74, 6) is -0.895. The lowest BCUT2D eigenvalue weighted by Crippen LogP contribution is -2.25. The number of halogens is 2. The highest BCUT2D eigenvalue weighted by atomic mass is 19.3. The third-order valence-corrected chi connectivity index (χ3v) is 4.23. The first-order chi connectivity index (χ1) is 11.9. The molecule has 3 rings (SSSR count). The summed E-state index contributed by atoms with van der Waals surface area (Å²) in [4.78, 5) is 23.6. The highest BCUT2D eigenvalue weighted by molar-refractivity contribution is 5.93. The van der Waals surface area contributed by atoms with E-state index in [-0.39, 0.29) is 17.2 Å². The van der Waals surface area contributed by atoms with Crippen LogP contribution in [0.3, 0.4) is 0 Å². The average Bonchev–Trinajstić information content (AvgIpc) is 2.87. The summed E-state index contributed by atoms with van der Waals surface area (Å²) in [5, 5.41) is 2.46. The summed E-state index contributed by atoms with van der Waals surface area (Å²) in [6, 6.07) is 3.88. The molecule has 136 valence electrons. The van der Waals surface area contributed by atoms with Crippen LogP contribution in [0.4, 0.5) is 14.5 Å². The Kier molecular flexibility index (Phi) is 5.06. The van der Waals surface area contributed by atoms with Crippen molar-refractivity contribution in [1.29, 1.82) is 0 Å². The number of carbonyl (C=O) groups excluding carboxylic acids is 2. The van der Waals surface area contributed by atoms with Gasteiger partial charge in [-0.1, -0.05) is 19.3 Å². The van der Waals surface area contributed by atoms with Crippen molar-refractivity contribution in [1.82, 2.24) is 0 Å². The molecule has 0 spiro atoms. The molecule has 1 heterocycles. The monoisotopic (exact) mass is 355 g/mol. The van der Waals surface area contributed by atoms with Gasteiger partial charge < -0.3 is 19.5 Å². The lowest BCUT2D eigenvalue weighted by atomic mass is 9.87. The van der Waals surface area contributed by atoms with E-state index in [1.165, 1.54) is 24.6 Å². The Labute approximate surface area is 143 Å². The van der Waals surface area contributed by atoms with Crippen LogP contribution in [0.5, 0.6) is 11.5 Å². The minimum absolute atomic E-state index is 0.109. The molecule has 8 heteroatoms. The molecule has 0 atom stereocenters. The molecule has 0 aromatic heterocycles. The number of ether oxygens (including phenoxy) is 3. The van der Waals surface area contributed by atoms with Crippen molar-refractivity contribution in [3.05, 3.63) is 18.2 Å². The number of hydrogen-bond donors (Lipinski definition) is 1. The molecule has 1 amide bonds. The number of carbonyl (C=O) groups is 2. The summed E-state index contributed by atoms with van der Waals surface area (Å²) in [6.07, 6.45) is 2.11. The first-order valence-electron chi connectivity index (χ1n) is 8.27. The quantitative estimate of drug-likeness (QED) is 0.819. The zero-order chi connectivity index (χ0) is 17.9. The topological polar surface area (TPSA) is 73.9 Å². The first kappa shape index (κ1) is 17.4. The van der Waals surface area contributed by atoms with Gasteiger partial charge in [0.1, 0.15) is 0 Å². The molecule has 1 N–H and O–H groups in total. The standard InChI is InChI=1S/C17H19F2NO5/c18-17(19)24-13-7-6-12(9-14(13)25-17)20-15(21)10-23-16(22)8-11-4-2-1-3-5-11/h6-7,9,11H,1-5,8,10H2,(H,20,21). The normalized spacial score (nSPS) is 18.6. The largest absolute Gasteiger partial charge is 0.586 e. The molecule has 1 aliphatic carbocycles. The van der Waals surface area contributed by atoms with Crippen LogP contribution in [0.15, 0.2) is 18.2 Å². The molecule has 1 fully saturated rings. The number of anilines is 1. The second-order valence-corrected chi connectivity index (χ2v) is 6.25. The van der Waals surface area contributed by atoms with E-state index in [2.05, 4.69) is 14.8 Å². The van der Waals surface area contributed by atoms with E-state index in [1.807, 2.05) is 0 Å². The summed E-state index contributed by atoms with van der Waals surface area (Å²) < 4.78 is 39.4. The molecule has 1 aromatic carbocycles. The number of amides is 1. The average molecular weight is 355 g/mol. The lowest BCUT2D eigenvalue weighted by molar-refractivity contribution is -0.286. The van der Waals surface area contributed by atoms with Gasteiger partial charge in [-0.3, -0.25) is 9.59 Å². The van der Waals surface area contributed by atoms with Gasteiger partial charge in [0, 0.05) is 18.2 Å². The minimum Gasteiger partial charge on any atom is -0.456 e. The molecule has 1 aliphatic heterocycles. The SMILES string of the molecule is O=C(COC(=O)CC1CCCCC1)Nc1ccc2c(c1)OC(F)(F)O2. The predicted molar refractivity (Wildman–Crippen MR) is 83.4 cm³/mol. The van der Waals surface area contributed by atoms with Crippen LogP contribution in [-0.2, 0) is 14.3 Å². The van der Waals surface area contributed by atoms with Gasteiger partial charge in [0.2, 0.25) is 0 Å². The van der Waals surface area contributed by atoms with E-state index in [0.717, 1.165) is 25.7 Å².